The van der Waals surface area contributed by atoms with Gasteiger partial charge in [-0.15, -0.1) is 0 Å². The number of likely N-dealkylation sites (tertiary alicyclic amines) is 1. The average Bonchev–Trinajstić information content (AvgIpc) is 2.32. The first-order valence-electron chi connectivity index (χ1n) is 6.31. The Balaban J connectivity index is 1.98. The van der Waals surface area contributed by atoms with E-state index in [0.29, 0.717) is 36.0 Å². The van der Waals surface area contributed by atoms with Crippen molar-refractivity contribution in [2.45, 2.75) is 31.8 Å². The Morgan fingerprint density at radius 1 is 1.37 bits per heavy atom. The third kappa shape index (κ3) is 3.85. The van der Waals surface area contributed by atoms with Crippen LogP contribution in [0.1, 0.15) is 25.3 Å². The second-order valence-electron chi connectivity index (χ2n) is 5.29. The molecule has 1 fully saturated rings. The summed E-state index contributed by atoms with van der Waals surface area (Å²) >= 11 is 11.9. The van der Waals surface area contributed by atoms with Gasteiger partial charge in [0, 0.05) is 23.1 Å². The van der Waals surface area contributed by atoms with Gasteiger partial charge < -0.3 is 10.0 Å². The number of amides is 1. The zero-order valence-corrected chi connectivity index (χ0v) is 12.3. The Kier molecular flexibility index (Phi) is 4.39. The molecule has 0 spiro atoms. The summed E-state index contributed by atoms with van der Waals surface area (Å²) in [7, 11) is 0. The molecule has 3 nitrogen and oxygen atoms in total. The van der Waals surface area contributed by atoms with E-state index in [1.54, 1.807) is 23.1 Å². The number of nitrogens with zero attached hydrogens (tertiary/aromatic N) is 1. The molecule has 19 heavy (non-hydrogen) atoms. The predicted molar refractivity (Wildman–Crippen MR) is 76.6 cm³/mol. The highest BCUT2D eigenvalue weighted by Crippen LogP contribution is 2.24. The summed E-state index contributed by atoms with van der Waals surface area (Å²) in [6, 6.07) is 5.16. The first-order chi connectivity index (χ1) is 8.87. The molecular formula is C14H17Cl2NO2. The fourth-order valence-corrected chi connectivity index (χ4v) is 2.65. The van der Waals surface area contributed by atoms with Crippen LogP contribution in [0.2, 0.25) is 10.0 Å². The topological polar surface area (TPSA) is 40.5 Å². The van der Waals surface area contributed by atoms with E-state index in [2.05, 4.69) is 0 Å². The average molecular weight is 302 g/mol. The van der Waals surface area contributed by atoms with Gasteiger partial charge in [-0.2, -0.15) is 0 Å². The molecule has 1 amide bonds. The molecule has 1 aliphatic rings. The van der Waals surface area contributed by atoms with E-state index in [9.17, 15) is 9.90 Å². The molecule has 0 atom stereocenters. The van der Waals surface area contributed by atoms with Crippen molar-refractivity contribution < 1.29 is 9.90 Å². The van der Waals surface area contributed by atoms with E-state index in [1.807, 2.05) is 6.92 Å². The Morgan fingerprint density at radius 3 is 2.58 bits per heavy atom. The van der Waals surface area contributed by atoms with Crippen LogP contribution in [0, 0.1) is 0 Å². The molecule has 1 N–H and O–H groups in total. The largest absolute Gasteiger partial charge is 0.390 e. The van der Waals surface area contributed by atoms with Crippen LogP contribution in [0.5, 0.6) is 0 Å². The van der Waals surface area contributed by atoms with Crippen LogP contribution in [0.15, 0.2) is 18.2 Å². The number of carbonyl (C=O) groups excluding carboxylic acids is 1. The third-order valence-corrected chi connectivity index (χ3v) is 4.14. The predicted octanol–water partition coefficient (Wildman–Crippen LogP) is 2.91. The Hall–Kier alpha value is -0.770. The third-order valence-electron chi connectivity index (χ3n) is 3.55. The van der Waals surface area contributed by atoms with Crippen LogP contribution in [0.25, 0.3) is 0 Å². The first-order valence-corrected chi connectivity index (χ1v) is 7.07. The molecule has 1 aliphatic heterocycles. The van der Waals surface area contributed by atoms with Gasteiger partial charge in [0.25, 0.3) is 0 Å². The smallest absolute Gasteiger partial charge is 0.227 e. The molecule has 0 aromatic heterocycles. The summed E-state index contributed by atoms with van der Waals surface area (Å²) in [5, 5.41) is 10.9. The monoisotopic (exact) mass is 301 g/mol. The first kappa shape index (κ1) is 14.6. The summed E-state index contributed by atoms with van der Waals surface area (Å²) in [5.74, 6) is 0.0414. The Labute approximate surface area is 123 Å². The second kappa shape index (κ2) is 5.70. The highest BCUT2D eigenvalue weighted by atomic mass is 35.5. The maximum Gasteiger partial charge on any atom is 0.227 e. The zero-order chi connectivity index (χ0) is 14.0. The molecule has 1 saturated heterocycles. The maximum absolute atomic E-state index is 12.2. The van der Waals surface area contributed by atoms with Crippen LogP contribution >= 0.6 is 23.2 Å². The van der Waals surface area contributed by atoms with E-state index < -0.39 is 5.60 Å². The standard InChI is InChI=1S/C14H17Cl2NO2/c1-14(19)4-6-17(7-5-14)13(18)8-10-2-3-11(15)9-12(10)16/h2-3,9,19H,4-8H2,1H3. The van der Waals surface area contributed by atoms with E-state index >= 15 is 0 Å². The maximum atomic E-state index is 12.2. The lowest BCUT2D eigenvalue weighted by atomic mass is 9.93. The number of aliphatic hydroxyl groups is 1. The van der Waals surface area contributed by atoms with Gasteiger partial charge in [0.2, 0.25) is 5.91 Å². The van der Waals surface area contributed by atoms with Crippen molar-refractivity contribution in [1.82, 2.24) is 4.90 Å². The minimum atomic E-state index is -0.644. The van der Waals surface area contributed by atoms with Gasteiger partial charge in [-0.1, -0.05) is 29.3 Å². The van der Waals surface area contributed by atoms with Crippen LogP contribution in [0.3, 0.4) is 0 Å². The van der Waals surface area contributed by atoms with Gasteiger partial charge in [0.05, 0.1) is 12.0 Å². The van der Waals surface area contributed by atoms with Gasteiger partial charge >= 0.3 is 0 Å². The van der Waals surface area contributed by atoms with Crippen LogP contribution in [0.4, 0.5) is 0 Å². The molecule has 1 aromatic carbocycles. The SMILES string of the molecule is CC1(O)CCN(C(=O)Cc2ccc(Cl)cc2Cl)CC1. The van der Waals surface area contributed by atoms with E-state index in [0.717, 1.165) is 5.56 Å². The fourth-order valence-electron chi connectivity index (χ4n) is 2.18. The lowest BCUT2D eigenvalue weighted by Gasteiger charge is -2.35. The van der Waals surface area contributed by atoms with E-state index in [1.165, 1.54) is 0 Å². The van der Waals surface area contributed by atoms with Gasteiger partial charge in [0.1, 0.15) is 0 Å². The lowest BCUT2D eigenvalue weighted by Crippen LogP contribution is -2.45. The van der Waals surface area contributed by atoms with Crippen molar-refractivity contribution in [3.63, 3.8) is 0 Å². The quantitative estimate of drug-likeness (QED) is 0.912. The number of halogens is 2. The number of hydrogen-bond donors (Lipinski definition) is 1. The Bertz CT molecular complexity index is 478. The molecule has 104 valence electrons. The number of hydrogen-bond acceptors (Lipinski definition) is 2. The highest BCUT2D eigenvalue weighted by molar-refractivity contribution is 6.35. The van der Waals surface area contributed by atoms with Gasteiger partial charge in [0.15, 0.2) is 0 Å². The molecule has 0 unspecified atom stereocenters. The molecule has 1 heterocycles. The summed E-state index contributed by atoms with van der Waals surface area (Å²) in [6.07, 6.45) is 1.51. The van der Waals surface area contributed by atoms with Crippen LogP contribution < -0.4 is 0 Å². The fraction of sp³-hybridized carbons (Fsp3) is 0.500. The van der Waals surface area contributed by atoms with Crippen LogP contribution in [-0.4, -0.2) is 34.6 Å². The van der Waals surface area contributed by atoms with E-state index in [4.69, 9.17) is 23.2 Å². The minimum absolute atomic E-state index is 0.0414. The van der Waals surface area contributed by atoms with Crippen molar-refractivity contribution in [3.8, 4) is 0 Å². The molecule has 0 saturated carbocycles. The van der Waals surface area contributed by atoms with Gasteiger partial charge in [-0.05, 0) is 37.5 Å². The zero-order valence-electron chi connectivity index (χ0n) is 10.8. The summed E-state index contributed by atoms with van der Waals surface area (Å²) < 4.78 is 0. The molecule has 0 aliphatic carbocycles. The van der Waals surface area contributed by atoms with E-state index in [-0.39, 0.29) is 12.3 Å². The van der Waals surface area contributed by atoms with Crippen molar-refractivity contribution in [2.24, 2.45) is 0 Å². The van der Waals surface area contributed by atoms with Gasteiger partial charge in [-0.25, -0.2) is 0 Å². The summed E-state index contributed by atoms with van der Waals surface area (Å²) in [4.78, 5) is 13.9. The van der Waals surface area contributed by atoms with Crippen molar-refractivity contribution in [3.05, 3.63) is 33.8 Å². The van der Waals surface area contributed by atoms with Gasteiger partial charge in [-0.3, -0.25) is 4.79 Å². The molecule has 1 aromatic rings. The molecule has 5 heteroatoms. The van der Waals surface area contributed by atoms with Crippen molar-refractivity contribution >= 4 is 29.1 Å². The lowest BCUT2D eigenvalue weighted by molar-refractivity contribution is -0.134. The van der Waals surface area contributed by atoms with Crippen molar-refractivity contribution in [2.75, 3.05) is 13.1 Å². The highest BCUT2D eigenvalue weighted by Gasteiger charge is 2.29. The molecule has 2 rings (SSSR count). The number of piperidine rings is 1. The normalized spacial score (nSPS) is 18.4. The second-order valence-corrected chi connectivity index (χ2v) is 6.13. The summed E-state index contributed by atoms with van der Waals surface area (Å²) in [6.45, 7) is 3.00. The number of benzene rings is 1. The minimum Gasteiger partial charge on any atom is -0.390 e. The Morgan fingerprint density at radius 2 is 2.00 bits per heavy atom. The van der Waals surface area contributed by atoms with Crippen LogP contribution in [-0.2, 0) is 11.2 Å². The number of carbonyl (C=O) groups is 1. The molecule has 0 bridgehead atoms. The summed E-state index contributed by atoms with van der Waals surface area (Å²) in [5.41, 5.74) is 0.141. The molecule has 0 radical (unpaired) electrons. The molecular weight excluding hydrogens is 285 g/mol. The van der Waals surface area contributed by atoms with Crippen molar-refractivity contribution in [1.29, 1.82) is 0 Å². The number of rotatable bonds is 2.